The van der Waals surface area contributed by atoms with Crippen LogP contribution in [-0.2, 0) is 0 Å². The zero-order valence-electron chi connectivity index (χ0n) is 21.3. The van der Waals surface area contributed by atoms with Gasteiger partial charge in [0.05, 0.1) is 0 Å². The Morgan fingerprint density at radius 3 is 1.39 bits per heavy atom. The van der Waals surface area contributed by atoms with Gasteiger partial charge in [-0.25, -0.2) is 0 Å². The van der Waals surface area contributed by atoms with Crippen molar-refractivity contribution in [3.63, 3.8) is 0 Å². The first-order valence-electron chi connectivity index (χ1n) is 11.8. The van der Waals surface area contributed by atoms with Gasteiger partial charge >= 0.3 is 0 Å². The minimum absolute atomic E-state index is 0. The maximum Gasteiger partial charge on any atom is 0.233 e. The topological polar surface area (TPSA) is 209 Å². The Hall–Kier alpha value is -3.51. The number of rotatable bonds is 6. The van der Waals surface area contributed by atoms with E-state index < -0.39 is 0 Å². The van der Waals surface area contributed by atoms with Gasteiger partial charge in [0.15, 0.2) is 0 Å². The smallest absolute Gasteiger partial charge is 0.233 e. The highest BCUT2D eigenvalue weighted by molar-refractivity contribution is 5.64. The van der Waals surface area contributed by atoms with Crippen LogP contribution in [-0.4, -0.2) is 41.1 Å². The van der Waals surface area contributed by atoms with E-state index in [9.17, 15) is 0 Å². The lowest BCUT2D eigenvalue weighted by Crippen LogP contribution is -2.34. The van der Waals surface area contributed by atoms with E-state index >= 15 is 0 Å². The first-order valence-corrected chi connectivity index (χ1v) is 11.8. The number of nitrogens with zero attached hydrogens (tertiary/aromatic N) is 5. The van der Waals surface area contributed by atoms with E-state index in [-0.39, 0.29) is 30.3 Å². The van der Waals surface area contributed by atoms with E-state index in [1.165, 1.54) is 38.5 Å². The van der Waals surface area contributed by atoms with Gasteiger partial charge in [-0.1, -0.05) is 18.2 Å². The second-order valence-electron chi connectivity index (χ2n) is 8.55. The second-order valence-corrected chi connectivity index (χ2v) is 8.55. The van der Waals surface area contributed by atoms with Crippen molar-refractivity contribution in [1.29, 1.82) is 0 Å². The Bertz CT molecular complexity index is 985. The van der Waals surface area contributed by atoms with Crippen LogP contribution in [0.4, 0.5) is 34.9 Å². The first-order chi connectivity index (χ1) is 15.8. The standard InChI is InChI=1S/C25H31N7.4H3N.4H2/c1-4-10-20(11-5-1)26-21-12-14-22(15-13-21)27-23-28-24(31-16-6-2-7-17-31)30-25(29-23)32-18-8-3-9-19-32;;;;;;;;/h1,4-5,10-15,26H,2-3,6-9,16-19H2,(H,27,28,29,30);4*1H3;4*1H. The number of piperidine rings is 2. The molecule has 0 saturated carbocycles. The summed E-state index contributed by atoms with van der Waals surface area (Å²) in [5, 5.41) is 6.83. The van der Waals surface area contributed by atoms with Gasteiger partial charge < -0.3 is 45.0 Å². The van der Waals surface area contributed by atoms with Gasteiger partial charge in [0.1, 0.15) is 0 Å². The Kier molecular flexibility index (Phi) is 12.5. The van der Waals surface area contributed by atoms with Crippen molar-refractivity contribution in [1.82, 2.24) is 39.6 Å². The summed E-state index contributed by atoms with van der Waals surface area (Å²) in [5.41, 5.74) is 3.08. The van der Waals surface area contributed by atoms with E-state index in [4.69, 9.17) is 15.0 Å². The monoisotopic (exact) mass is 505 g/mol. The lowest BCUT2D eigenvalue weighted by Gasteiger charge is -2.30. The summed E-state index contributed by atoms with van der Waals surface area (Å²) >= 11 is 0. The molecule has 11 nitrogen and oxygen atoms in total. The first kappa shape index (κ1) is 30.5. The highest BCUT2D eigenvalue weighted by Crippen LogP contribution is 2.25. The van der Waals surface area contributed by atoms with Gasteiger partial charge in [0.25, 0.3) is 0 Å². The number of hydrogen-bond donors (Lipinski definition) is 6. The number of benzene rings is 2. The molecule has 0 bridgehead atoms. The number of anilines is 6. The summed E-state index contributed by atoms with van der Waals surface area (Å²) in [4.78, 5) is 19.0. The normalized spacial score (nSPS) is 14.8. The molecule has 0 aliphatic carbocycles. The molecule has 2 aliphatic rings. The van der Waals surface area contributed by atoms with Crippen LogP contribution in [0, 0.1) is 0 Å². The Morgan fingerprint density at radius 2 is 0.917 bits per heavy atom. The SMILES string of the molecule is N.N.N.N.[HH].[HH].[HH].[HH].c1ccc(Nc2ccc(Nc3nc(N4CCCCC4)nc(N4CCCCC4)n3)cc2)cc1. The zero-order chi connectivity index (χ0) is 21.6. The van der Waals surface area contributed by atoms with Crippen molar-refractivity contribution in [2.24, 2.45) is 0 Å². The molecule has 0 amide bonds. The largest absolute Gasteiger partial charge is 0.356 e. The third-order valence-corrected chi connectivity index (χ3v) is 6.09. The molecule has 1 aromatic heterocycles. The average Bonchev–Trinajstić information content (AvgIpc) is 2.87. The Labute approximate surface area is 220 Å². The van der Waals surface area contributed by atoms with Crippen molar-refractivity contribution < 1.29 is 5.71 Å². The van der Waals surface area contributed by atoms with Crippen LogP contribution in [0.25, 0.3) is 0 Å². The molecule has 2 saturated heterocycles. The predicted molar refractivity (Wildman–Crippen MR) is 160 cm³/mol. The van der Waals surface area contributed by atoms with E-state index in [0.717, 1.165) is 55.1 Å². The predicted octanol–water partition coefficient (Wildman–Crippen LogP) is 6.97. The fraction of sp³-hybridized carbons (Fsp3) is 0.400. The summed E-state index contributed by atoms with van der Waals surface area (Å²) in [5.74, 6) is 2.21. The van der Waals surface area contributed by atoms with Crippen LogP contribution >= 0.6 is 0 Å². The molecule has 36 heavy (non-hydrogen) atoms. The van der Waals surface area contributed by atoms with Crippen LogP contribution in [0.15, 0.2) is 54.6 Å². The molecular weight excluding hydrogens is 454 g/mol. The maximum absolute atomic E-state index is 4.86. The van der Waals surface area contributed by atoms with Gasteiger partial charge in [-0.3, -0.25) is 0 Å². The quantitative estimate of drug-likeness (QED) is 0.201. The molecule has 3 heterocycles. The molecule has 2 fully saturated rings. The summed E-state index contributed by atoms with van der Waals surface area (Å²) < 4.78 is 0. The molecular formula is C25H51N11. The lowest BCUT2D eigenvalue weighted by molar-refractivity contribution is 0.556. The van der Waals surface area contributed by atoms with Crippen molar-refractivity contribution in [2.45, 2.75) is 38.5 Å². The lowest BCUT2D eigenvalue weighted by atomic mass is 10.1. The molecule has 0 atom stereocenters. The molecule has 206 valence electrons. The van der Waals surface area contributed by atoms with Crippen molar-refractivity contribution >= 4 is 34.9 Å². The van der Waals surface area contributed by atoms with Gasteiger partial charge in [-0.15, -0.1) is 0 Å². The zero-order valence-corrected chi connectivity index (χ0v) is 21.3. The third kappa shape index (κ3) is 7.75. The molecule has 5 rings (SSSR count). The van der Waals surface area contributed by atoms with Crippen molar-refractivity contribution in [3.8, 4) is 0 Å². The van der Waals surface area contributed by atoms with Gasteiger partial charge in [0.2, 0.25) is 17.8 Å². The van der Waals surface area contributed by atoms with Crippen LogP contribution in [0.5, 0.6) is 0 Å². The minimum Gasteiger partial charge on any atom is -0.356 e. The Balaban J connectivity index is -0.000000810. The van der Waals surface area contributed by atoms with Crippen LogP contribution in [0.3, 0.4) is 0 Å². The maximum atomic E-state index is 4.86. The van der Waals surface area contributed by atoms with Gasteiger partial charge in [0, 0.05) is 48.9 Å². The Morgan fingerprint density at radius 1 is 0.500 bits per heavy atom. The van der Waals surface area contributed by atoms with E-state index in [1.54, 1.807) is 0 Å². The number of para-hydroxylation sites is 1. The molecule has 0 unspecified atom stereocenters. The third-order valence-electron chi connectivity index (χ3n) is 6.09. The fourth-order valence-electron chi connectivity index (χ4n) is 4.33. The fourth-order valence-corrected chi connectivity index (χ4v) is 4.33. The van der Waals surface area contributed by atoms with Gasteiger partial charge in [-0.2, -0.15) is 15.0 Å². The number of nitrogens with one attached hydrogen (secondary N) is 2. The highest BCUT2D eigenvalue weighted by Gasteiger charge is 2.20. The number of aromatic nitrogens is 3. The van der Waals surface area contributed by atoms with Crippen LogP contribution < -0.4 is 45.0 Å². The summed E-state index contributed by atoms with van der Waals surface area (Å²) in [6.45, 7) is 4.07. The molecule has 0 spiro atoms. The van der Waals surface area contributed by atoms with E-state index in [1.807, 2.05) is 18.2 Å². The molecule has 0 radical (unpaired) electrons. The van der Waals surface area contributed by atoms with E-state index in [2.05, 4.69) is 56.8 Å². The van der Waals surface area contributed by atoms with Crippen LogP contribution in [0.1, 0.15) is 44.2 Å². The molecule has 2 aliphatic heterocycles. The highest BCUT2D eigenvalue weighted by atomic mass is 15.4. The molecule has 3 aromatic rings. The summed E-state index contributed by atoms with van der Waals surface area (Å²) in [7, 11) is 0. The second kappa shape index (κ2) is 14.8. The molecule has 11 heteroatoms. The minimum atomic E-state index is 0. The number of hydrogen-bond acceptors (Lipinski definition) is 11. The van der Waals surface area contributed by atoms with Crippen molar-refractivity contribution in [3.05, 3.63) is 54.6 Å². The summed E-state index contributed by atoms with van der Waals surface area (Å²) in [6, 6.07) is 18.4. The average molecular weight is 506 g/mol. The van der Waals surface area contributed by atoms with Crippen LogP contribution in [0.2, 0.25) is 0 Å². The molecule has 2 aromatic carbocycles. The van der Waals surface area contributed by atoms with E-state index in [0.29, 0.717) is 5.95 Å². The van der Waals surface area contributed by atoms with Crippen molar-refractivity contribution in [2.75, 3.05) is 46.6 Å². The summed E-state index contributed by atoms with van der Waals surface area (Å²) in [6.07, 6.45) is 7.36. The van der Waals surface area contributed by atoms with Gasteiger partial charge in [-0.05, 0) is 74.9 Å². The molecule has 14 N–H and O–H groups in total.